The zero-order valence-electron chi connectivity index (χ0n) is 17.6. The van der Waals surface area contributed by atoms with Gasteiger partial charge in [0.05, 0.1) is 29.1 Å². The predicted octanol–water partition coefficient (Wildman–Crippen LogP) is 3.65. The van der Waals surface area contributed by atoms with Crippen LogP contribution in [0.4, 0.5) is 0 Å². The van der Waals surface area contributed by atoms with Crippen molar-refractivity contribution in [3.8, 4) is 0 Å². The van der Waals surface area contributed by atoms with Gasteiger partial charge in [0.25, 0.3) is 0 Å². The van der Waals surface area contributed by atoms with Crippen LogP contribution in [0.1, 0.15) is 23.2 Å². The molecule has 0 aliphatic rings. The van der Waals surface area contributed by atoms with Gasteiger partial charge in [-0.3, -0.25) is 4.79 Å². The quantitative estimate of drug-likeness (QED) is 0.545. The van der Waals surface area contributed by atoms with Crippen LogP contribution >= 0.6 is 11.8 Å². The maximum atomic E-state index is 12.8. The Balaban J connectivity index is 1.60. The number of rotatable bonds is 9. The zero-order valence-corrected chi connectivity index (χ0v) is 18.4. The normalized spacial score (nSPS) is 11.3. The number of carbonyl (C=O) groups is 1. The summed E-state index contributed by atoms with van der Waals surface area (Å²) in [5, 5.41) is 2.17. The Morgan fingerprint density at radius 3 is 2.72 bits per heavy atom. The van der Waals surface area contributed by atoms with Gasteiger partial charge in [0.1, 0.15) is 0 Å². The van der Waals surface area contributed by atoms with Crippen molar-refractivity contribution in [3.63, 3.8) is 0 Å². The Morgan fingerprint density at radius 1 is 1.17 bits per heavy atom. The van der Waals surface area contributed by atoms with Gasteiger partial charge in [-0.15, -0.1) is 11.8 Å². The molecule has 0 radical (unpaired) electrons. The standard InChI is InChI=1S/C22H29N5OS/c1-16-5-6-20-19(11-16)17(2)12-21(25-20)29-10-7-22(28)27(9-8-26(3)4)14-18-13-23-15-24-18/h5-6,11-13,15H,7-10,14H2,1-4H3,(H,23,24). The molecule has 0 aliphatic heterocycles. The number of nitrogens with zero attached hydrogens (tertiary/aromatic N) is 4. The molecule has 0 fully saturated rings. The van der Waals surface area contributed by atoms with Crippen LogP contribution in [0.3, 0.4) is 0 Å². The Hall–Kier alpha value is -2.38. The van der Waals surface area contributed by atoms with E-state index >= 15 is 0 Å². The molecule has 0 saturated heterocycles. The van der Waals surface area contributed by atoms with E-state index in [9.17, 15) is 4.79 Å². The molecule has 1 amide bonds. The van der Waals surface area contributed by atoms with Gasteiger partial charge in [0.2, 0.25) is 5.91 Å². The van der Waals surface area contributed by atoms with Gasteiger partial charge in [-0.25, -0.2) is 9.97 Å². The number of carbonyl (C=O) groups excluding carboxylic acids is 1. The Bertz CT molecular complexity index is 955. The summed E-state index contributed by atoms with van der Waals surface area (Å²) in [4.78, 5) is 28.7. The number of likely N-dealkylation sites (N-methyl/N-ethyl adjacent to an activating group) is 1. The number of thioether (sulfide) groups is 1. The summed E-state index contributed by atoms with van der Waals surface area (Å²) in [6.07, 6.45) is 3.90. The molecule has 0 atom stereocenters. The van der Waals surface area contributed by atoms with Crippen molar-refractivity contribution >= 4 is 28.6 Å². The number of hydrogen-bond donors (Lipinski definition) is 1. The molecule has 0 bridgehead atoms. The SMILES string of the molecule is Cc1ccc2nc(SCCC(=O)N(CCN(C)C)Cc3cnc[nH]3)cc(C)c2c1. The summed E-state index contributed by atoms with van der Waals surface area (Å²) in [6.45, 7) is 6.30. The van der Waals surface area contributed by atoms with E-state index in [1.807, 2.05) is 19.0 Å². The number of aryl methyl sites for hydroxylation is 2. The van der Waals surface area contributed by atoms with E-state index in [4.69, 9.17) is 4.98 Å². The van der Waals surface area contributed by atoms with E-state index in [1.165, 1.54) is 16.5 Å². The van der Waals surface area contributed by atoms with Crippen molar-refractivity contribution in [2.45, 2.75) is 31.8 Å². The summed E-state index contributed by atoms with van der Waals surface area (Å²) in [5.41, 5.74) is 4.42. The topological polar surface area (TPSA) is 65.1 Å². The highest BCUT2D eigenvalue weighted by atomic mass is 32.2. The molecule has 2 aromatic heterocycles. The smallest absolute Gasteiger partial charge is 0.223 e. The van der Waals surface area contributed by atoms with Crippen LogP contribution < -0.4 is 0 Å². The number of aromatic amines is 1. The van der Waals surface area contributed by atoms with E-state index in [0.29, 0.717) is 25.3 Å². The number of H-pyrrole nitrogens is 1. The lowest BCUT2D eigenvalue weighted by Crippen LogP contribution is -2.36. The van der Waals surface area contributed by atoms with E-state index in [1.54, 1.807) is 24.3 Å². The minimum Gasteiger partial charge on any atom is -0.347 e. The van der Waals surface area contributed by atoms with Crippen LogP contribution in [0.25, 0.3) is 10.9 Å². The highest BCUT2D eigenvalue weighted by Crippen LogP contribution is 2.25. The number of nitrogens with one attached hydrogen (secondary N) is 1. The molecular formula is C22H29N5OS. The molecular weight excluding hydrogens is 382 g/mol. The number of pyridine rings is 1. The van der Waals surface area contributed by atoms with Gasteiger partial charge in [0, 0.05) is 36.8 Å². The third-order valence-corrected chi connectivity index (χ3v) is 5.71. The van der Waals surface area contributed by atoms with Crippen molar-refractivity contribution in [2.24, 2.45) is 0 Å². The molecule has 1 aromatic carbocycles. The van der Waals surface area contributed by atoms with Crippen molar-refractivity contribution in [3.05, 3.63) is 53.6 Å². The van der Waals surface area contributed by atoms with Crippen molar-refractivity contribution in [1.29, 1.82) is 0 Å². The minimum absolute atomic E-state index is 0.155. The van der Waals surface area contributed by atoms with Gasteiger partial charge in [-0.1, -0.05) is 11.6 Å². The third-order valence-electron chi connectivity index (χ3n) is 4.80. The fourth-order valence-corrected chi connectivity index (χ4v) is 4.05. The first-order valence-electron chi connectivity index (χ1n) is 9.83. The molecule has 3 rings (SSSR count). The average molecular weight is 412 g/mol. The monoisotopic (exact) mass is 411 g/mol. The first-order chi connectivity index (χ1) is 13.9. The molecule has 6 nitrogen and oxygen atoms in total. The molecule has 3 aromatic rings. The molecule has 154 valence electrons. The summed E-state index contributed by atoms with van der Waals surface area (Å²) in [7, 11) is 4.04. The second kappa shape index (κ2) is 9.89. The van der Waals surface area contributed by atoms with Gasteiger partial charge < -0.3 is 14.8 Å². The Morgan fingerprint density at radius 2 is 2.00 bits per heavy atom. The fourth-order valence-electron chi connectivity index (χ4n) is 3.14. The van der Waals surface area contributed by atoms with Gasteiger partial charge >= 0.3 is 0 Å². The first kappa shape index (κ1) is 21.3. The van der Waals surface area contributed by atoms with Crippen LogP contribution in [0.5, 0.6) is 0 Å². The van der Waals surface area contributed by atoms with Crippen LogP contribution in [0.15, 0.2) is 41.8 Å². The molecule has 0 saturated carbocycles. The van der Waals surface area contributed by atoms with Crippen molar-refractivity contribution < 1.29 is 4.79 Å². The summed E-state index contributed by atoms with van der Waals surface area (Å²) >= 11 is 1.64. The van der Waals surface area contributed by atoms with Gasteiger partial charge in [-0.2, -0.15) is 0 Å². The molecule has 1 N–H and O–H groups in total. The lowest BCUT2D eigenvalue weighted by molar-refractivity contribution is -0.131. The number of hydrogen-bond acceptors (Lipinski definition) is 5. The molecule has 2 heterocycles. The third kappa shape index (κ3) is 6.05. The van der Waals surface area contributed by atoms with Crippen LogP contribution in [-0.2, 0) is 11.3 Å². The second-order valence-corrected chi connectivity index (χ2v) is 8.71. The maximum absolute atomic E-state index is 12.8. The lowest BCUT2D eigenvalue weighted by Gasteiger charge is -2.24. The van der Waals surface area contributed by atoms with E-state index in [0.717, 1.165) is 22.8 Å². The van der Waals surface area contributed by atoms with Crippen LogP contribution in [-0.4, -0.2) is 63.6 Å². The summed E-state index contributed by atoms with van der Waals surface area (Å²) in [6, 6.07) is 8.45. The largest absolute Gasteiger partial charge is 0.347 e. The summed E-state index contributed by atoms with van der Waals surface area (Å²) in [5.74, 6) is 0.867. The van der Waals surface area contributed by atoms with E-state index in [2.05, 4.69) is 53.0 Å². The van der Waals surface area contributed by atoms with Crippen molar-refractivity contribution in [2.75, 3.05) is 32.9 Å². The number of imidazole rings is 1. The Kier molecular flexibility index (Phi) is 7.28. The highest BCUT2D eigenvalue weighted by Gasteiger charge is 2.15. The molecule has 7 heteroatoms. The zero-order chi connectivity index (χ0) is 20.8. The number of aromatic nitrogens is 3. The second-order valence-electron chi connectivity index (χ2n) is 7.59. The first-order valence-corrected chi connectivity index (χ1v) is 10.8. The Labute approximate surface area is 176 Å². The number of amides is 1. The number of benzene rings is 1. The van der Waals surface area contributed by atoms with E-state index < -0.39 is 0 Å². The van der Waals surface area contributed by atoms with E-state index in [-0.39, 0.29) is 5.91 Å². The van der Waals surface area contributed by atoms with Crippen molar-refractivity contribution in [1.82, 2.24) is 24.8 Å². The number of fused-ring (bicyclic) bond motifs is 1. The summed E-state index contributed by atoms with van der Waals surface area (Å²) < 4.78 is 0. The van der Waals surface area contributed by atoms with Crippen LogP contribution in [0, 0.1) is 13.8 Å². The van der Waals surface area contributed by atoms with Gasteiger partial charge in [-0.05, 0) is 51.7 Å². The molecule has 0 unspecified atom stereocenters. The minimum atomic E-state index is 0.155. The maximum Gasteiger partial charge on any atom is 0.223 e. The highest BCUT2D eigenvalue weighted by molar-refractivity contribution is 7.99. The average Bonchev–Trinajstić information content (AvgIpc) is 3.18. The predicted molar refractivity (Wildman–Crippen MR) is 119 cm³/mol. The lowest BCUT2D eigenvalue weighted by atomic mass is 10.1. The van der Waals surface area contributed by atoms with Gasteiger partial charge in [0.15, 0.2) is 0 Å². The van der Waals surface area contributed by atoms with Crippen LogP contribution in [0.2, 0.25) is 0 Å². The molecule has 0 aliphatic carbocycles. The molecule has 29 heavy (non-hydrogen) atoms. The fraction of sp³-hybridized carbons (Fsp3) is 0.409. The molecule has 0 spiro atoms.